The number of carbonyl (C=O) groups is 3. The molecule has 1 aliphatic carbocycles. The fourth-order valence-electron chi connectivity index (χ4n) is 2.92. The van der Waals surface area contributed by atoms with Gasteiger partial charge in [0.05, 0.1) is 18.1 Å². The molecule has 0 aromatic carbocycles. The minimum atomic E-state index is -1.75. The minimum Gasteiger partial charge on any atom is -0.461 e. The van der Waals surface area contributed by atoms with Gasteiger partial charge >= 0.3 is 17.9 Å². The average molecular weight is 389 g/mol. The summed E-state index contributed by atoms with van der Waals surface area (Å²) in [5.41, 5.74) is -0.815. The van der Waals surface area contributed by atoms with Gasteiger partial charge in [0.25, 0.3) is 6.29 Å². The second-order valence-electron chi connectivity index (χ2n) is 6.03. The Kier molecular flexibility index (Phi) is 6.30. The number of fused-ring (bicyclic) bond motifs is 1. The van der Waals surface area contributed by atoms with Crippen LogP contribution in [0.5, 0.6) is 0 Å². The van der Waals surface area contributed by atoms with Crippen LogP contribution in [0.2, 0.25) is 0 Å². The average Bonchev–Trinajstić information content (AvgIpc) is 2.87. The Hall–Kier alpha value is -2.06. The largest absolute Gasteiger partial charge is 0.461 e. The number of carbonyl (C=O) groups excluding carboxylic acids is 3. The van der Waals surface area contributed by atoms with Gasteiger partial charge in [-0.1, -0.05) is 6.92 Å². The van der Waals surface area contributed by atoms with E-state index in [4.69, 9.17) is 30.5 Å². The van der Waals surface area contributed by atoms with Gasteiger partial charge < -0.3 is 24.1 Å². The van der Waals surface area contributed by atoms with Crippen molar-refractivity contribution >= 4 is 29.5 Å². The highest BCUT2D eigenvalue weighted by Gasteiger charge is 2.58. The van der Waals surface area contributed by atoms with E-state index < -0.39 is 41.8 Å². The molecule has 2 aliphatic rings. The van der Waals surface area contributed by atoms with E-state index in [1.165, 1.54) is 26.2 Å². The summed E-state index contributed by atoms with van der Waals surface area (Å²) in [5.74, 6) is -2.85. The van der Waals surface area contributed by atoms with Crippen LogP contribution >= 0.6 is 11.6 Å². The number of rotatable bonds is 6. The van der Waals surface area contributed by atoms with Crippen molar-refractivity contribution in [3.63, 3.8) is 0 Å². The molecule has 0 aromatic rings. The number of alkyl halides is 1. The number of halogens is 1. The maximum absolute atomic E-state index is 11.7. The lowest BCUT2D eigenvalue weighted by atomic mass is 9.82. The molecule has 4 atom stereocenters. The number of hydrogen-bond acceptors (Lipinski definition) is 8. The Labute approximate surface area is 155 Å². The number of hydrogen-bond donors (Lipinski definition) is 1. The molecule has 9 heteroatoms. The van der Waals surface area contributed by atoms with Crippen LogP contribution in [0.15, 0.2) is 23.5 Å². The van der Waals surface area contributed by atoms with Gasteiger partial charge in [-0.3, -0.25) is 14.4 Å². The van der Waals surface area contributed by atoms with Crippen LogP contribution in [0.4, 0.5) is 0 Å². The fourth-order valence-corrected chi connectivity index (χ4v) is 3.24. The zero-order valence-corrected chi connectivity index (χ0v) is 15.4. The maximum Gasteiger partial charge on any atom is 0.308 e. The minimum absolute atomic E-state index is 0.113. The van der Waals surface area contributed by atoms with E-state index in [0.717, 1.165) is 0 Å². The zero-order chi connectivity index (χ0) is 19.5. The second kappa shape index (κ2) is 8.09. The fraction of sp³-hybridized carbons (Fsp3) is 0.588. The van der Waals surface area contributed by atoms with Crippen molar-refractivity contribution in [3.8, 4) is 0 Å². The van der Waals surface area contributed by atoms with Crippen molar-refractivity contribution in [1.82, 2.24) is 0 Å². The molecule has 0 saturated carbocycles. The maximum atomic E-state index is 11.7. The monoisotopic (exact) mass is 388 g/mol. The van der Waals surface area contributed by atoms with Gasteiger partial charge in [0.15, 0.2) is 6.10 Å². The van der Waals surface area contributed by atoms with Crippen LogP contribution in [-0.2, 0) is 33.3 Å². The molecule has 1 heterocycles. The summed E-state index contributed by atoms with van der Waals surface area (Å²) < 4.78 is 20.9. The van der Waals surface area contributed by atoms with Gasteiger partial charge in [0.1, 0.15) is 12.2 Å². The first-order chi connectivity index (χ1) is 12.2. The first-order valence-electron chi connectivity index (χ1n) is 8.07. The van der Waals surface area contributed by atoms with Crippen LogP contribution in [0.1, 0.15) is 27.2 Å². The molecular weight excluding hydrogens is 368 g/mol. The second-order valence-corrected chi connectivity index (χ2v) is 6.29. The third-order valence-electron chi connectivity index (χ3n) is 4.16. The molecule has 2 rings (SSSR count). The van der Waals surface area contributed by atoms with Crippen LogP contribution in [-0.4, -0.2) is 53.5 Å². The molecule has 0 radical (unpaired) electrons. The molecule has 1 N–H and O–H groups in total. The molecular formula is C17H21ClO8. The predicted molar refractivity (Wildman–Crippen MR) is 88.8 cm³/mol. The van der Waals surface area contributed by atoms with Crippen LogP contribution < -0.4 is 0 Å². The SMILES string of the molecule is CCC(=O)OC1OC=C(COC(C)=O)C2=CC(OC(C)=O)C(O)(CCl)C21. The van der Waals surface area contributed by atoms with Crippen LogP contribution in [0, 0.1) is 5.92 Å². The third-order valence-corrected chi connectivity index (χ3v) is 4.59. The summed E-state index contributed by atoms with van der Waals surface area (Å²) in [4.78, 5) is 34.2. The Morgan fingerprint density at radius 1 is 1.27 bits per heavy atom. The molecule has 1 aliphatic heterocycles. The van der Waals surface area contributed by atoms with E-state index in [2.05, 4.69) is 0 Å². The molecule has 4 unspecified atom stereocenters. The standard InChI is InChI=1S/C17H21ClO8/c1-4-14(21)26-16-15-12(11(7-24-16)6-23-9(2)19)5-13(25-10(3)20)17(15,22)8-18/h5,7,13,15-16,22H,4,6,8H2,1-3H3. The van der Waals surface area contributed by atoms with E-state index in [1.54, 1.807) is 6.92 Å². The van der Waals surface area contributed by atoms with Crippen molar-refractivity contribution < 1.29 is 38.4 Å². The first kappa shape index (κ1) is 20.3. The van der Waals surface area contributed by atoms with E-state index >= 15 is 0 Å². The van der Waals surface area contributed by atoms with Gasteiger partial charge in [-0.25, -0.2) is 0 Å². The van der Waals surface area contributed by atoms with E-state index in [-0.39, 0.29) is 18.9 Å². The van der Waals surface area contributed by atoms with E-state index in [9.17, 15) is 19.5 Å². The van der Waals surface area contributed by atoms with Crippen molar-refractivity contribution in [2.45, 2.75) is 45.2 Å². The molecule has 0 saturated heterocycles. The van der Waals surface area contributed by atoms with Crippen molar-refractivity contribution in [3.05, 3.63) is 23.5 Å². The lowest BCUT2D eigenvalue weighted by Crippen LogP contribution is -2.54. The van der Waals surface area contributed by atoms with Gasteiger partial charge in [0.2, 0.25) is 0 Å². The van der Waals surface area contributed by atoms with Crippen LogP contribution in [0.25, 0.3) is 0 Å². The molecule has 0 fully saturated rings. The highest BCUT2D eigenvalue weighted by molar-refractivity contribution is 6.18. The Morgan fingerprint density at radius 3 is 2.50 bits per heavy atom. The van der Waals surface area contributed by atoms with Crippen molar-refractivity contribution in [1.29, 1.82) is 0 Å². The summed E-state index contributed by atoms with van der Waals surface area (Å²) in [5, 5.41) is 11.1. The van der Waals surface area contributed by atoms with Gasteiger partial charge in [-0.05, 0) is 11.6 Å². The molecule has 0 aromatic heterocycles. The normalized spacial score (nSPS) is 29.7. The summed E-state index contributed by atoms with van der Waals surface area (Å²) in [6.45, 7) is 3.97. The highest BCUT2D eigenvalue weighted by Crippen LogP contribution is 2.47. The lowest BCUT2D eigenvalue weighted by Gasteiger charge is -2.39. The smallest absolute Gasteiger partial charge is 0.308 e. The summed E-state index contributed by atoms with van der Waals surface area (Å²) in [6.07, 6.45) is 0.701. The van der Waals surface area contributed by atoms with Crippen molar-refractivity contribution in [2.24, 2.45) is 5.92 Å². The van der Waals surface area contributed by atoms with Crippen LogP contribution in [0.3, 0.4) is 0 Å². The molecule has 0 amide bonds. The topological polar surface area (TPSA) is 108 Å². The lowest BCUT2D eigenvalue weighted by molar-refractivity contribution is -0.202. The Balaban J connectivity index is 2.40. The Bertz CT molecular complexity index is 655. The Morgan fingerprint density at radius 2 is 1.96 bits per heavy atom. The number of ether oxygens (including phenoxy) is 4. The number of esters is 3. The highest BCUT2D eigenvalue weighted by atomic mass is 35.5. The van der Waals surface area contributed by atoms with E-state index in [0.29, 0.717) is 11.1 Å². The van der Waals surface area contributed by atoms with Gasteiger partial charge in [0, 0.05) is 25.8 Å². The predicted octanol–water partition coefficient (Wildman–Crippen LogP) is 1.20. The molecule has 0 spiro atoms. The molecule has 8 nitrogen and oxygen atoms in total. The summed E-state index contributed by atoms with van der Waals surface area (Å²) in [6, 6.07) is 0. The molecule has 0 bridgehead atoms. The third kappa shape index (κ3) is 4.02. The van der Waals surface area contributed by atoms with Crippen molar-refractivity contribution in [2.75, 3.05) is 12.5 Å². The first-order valence-corrected chi connectivity index (χ1v) is 8.61. The van der Waals surface area contributed by atoms with Gasteiger partial charge in [-0.15, -0.1) is 11.6 Å². The quantitative estimate of drug-likeness (QED) is 0.411. The number of aliphatic hydroxyl groups is 1. The van der Waals surface area contributed by atoms with E-state index in [1.807, 2.05) is 0 Å². The summed E-state index contributed by atoms with van der Waals surface area (Å²) in [7, 11) is 0. The molecule has 144 valence electrons. The summed E-state index contributed by atoms with van der Waals surface area (Å²) >= 11 is 5.98. The van der Waals surface area contributed by atoms with Gasteiger partial charge in [-0.2, -0.15) is 0 Å². The zero-order valence-electron chi connectivity index (χ0n) is 14.7. The molecule has 26 heavy (non-hydrogen) atoms.